The number of para-hydroxylation sites is 1. The maximum Gasteiger partial charge on any atom is 0.258 e. The first-order chi connectivity index (χ1) is 10.1. The van der Waals surface area contributed by atoms with Crippen molar-refractivity contribution in [2.45, 2.75) is 26.3 Å². The number of amides is 3. The van der Waals surface area contributed by atoms with Gasteiger partial charge in [0.05, 0.1) is 12.2 Å². The largest absolute Gasteiger partial charge is 0.493 e. The molecule has 112 valence electrons. The molecular formula is C15H18N2O4. The Morgan fingerprint density at radius 1 is 1.33 bits per heavy atom. The lowest BCUT2D eigenvalue weighted by atomic mass is 10.1. The van der Waals surface area contributed by atoms with E-state index in [0.29, 0.717) is 24.3 Å². The highest BCUT2D eigenvalue weighted by molar-refractivity contribution is 6.07. The van der Waals surface area contributed by atoms with E-state index in [4.69, 9.17) is 4.74 Å². The van der Waals surface area contributed by atoms with Gasteiger partial charge in [-0.1, -0.05) is 19.1 Å². The molecule has 3 amide bonds. The minimum absolute atomic E-state index is 0.121. The summed E-state index contributed by atoms with van der Waals surface area (Å²) in [4.78, 5) is 37.3. The van der Waals surface area contributed by atoms with Gasteiger partial charge in [0, 0.05) is 0 Å². The first-order valence-electron chi connectivity index (χ1n) is 6.95. The van der Waals surface area contributed by atoms with Crippen LogP contribution in [0.25, 0.3) is 0 Å². The van der Waals surface area contributed by atoms with Crippen molar-refractivity contribution >= 4 is 17.7 Å². The van der Waals surface area contributed by atoms with E-state index in [2.05, 4.69) is 5.32 Å². The Balaban J connectivity index is 2.33. The molecule has 1 fully saturated rings. The van der Waals surface area contributed by atoms with Crippen LogP contribution in [0.2, 0.25) is 0 Å². The lowest BCUT2D eigenvalue weighted by molar-refractivity contribution is -0.138. The van der Waals surface area contributed by atoms with Crippen LogP contribution in [0.3, 0.4) is 0 Å². The summed E-state index contributed by atoms with van der Waals surface area (Å²) in [6.45, 7) is 3.94. The van der Waals surface area contributed by atoms with Crippen LogP contribution in [-0.2, 0) is 9.59 Å². The molecule has 0 aromatic heterocycles. The van der Waals surface area contributed by atoms with E-state index in [0.717, 1.165) is 0 Å². The van der Waals surface area contributed by atoms with E-state index in [1.807, 2.05) is 6.92 Å². The van der Waals surface area contributed by atoms with Gasteiger partial charge >= 0.3 is 0 Å². The molecule has 1 N–H and O–H groups in total. The summed E-state index contributed by atoms with van der Waals surface area (Å²) < 4.78 is 5.44. The predicted molar refractivity (Wildman–Crippen MR) is 75.9 cm³/mol. The number of carbonyl (C=O) groups excluding carboxylic acids is 3. The van der Waals surface area contributed by atoms with Crippen molar-refractivity contribution in [1.29, 1.82) is 0 Å². The van der Waals surface area contributed by atoms with E-state index in [1.54, 1.807) is 31.2 Å². The molecular weight excluding hydrogens is 272 g/mol. The monoisotopic (exact) mass is 290 g/mol. The predicted octanol–water partition coefficient (Wildman–Crippen LogP) is 0.962. The lowest BCUT2D eigenvalue weighted by Gasteiger charge is -2.33. The third-order valence-electron chi connectivity index (χ3n) is 3.32. The van der Waals surface area contributed by atoms with E-state index >= 15 is 0 Å². The van der Waals surface area contributed by atoms with Crippen molar-refractivity contribution in [3.05, 3.63) is 29.8 Å². The second-order valence-corrected chi connectivity index (χ2v) is 4.70. The topological polar surface area (TPSA) is 75.7 Å². The summed E-state index contributed by atoms with van der Waals surface area (Å²) in [7, 11) is 0. The molecule has 1 heterocycles. The molecule has 6 nitrogen and oxygen atoms in total. The summed E-state index contributed by atoms with van der Waals surface area (Å²) in [5.41, 5.74) is 0.361. The molecule has 0 aliphatic carbocycles. The molecule has 1 aliphatic rings. The van der Waals surface area contributed by atoms with Gasteiger partial charge in [-0.25, -0.2) is 0 Å². The number of nitrogens with one attached hydrogen (secondary N) is 1. The second-order valence-electron chi connectivity index (χ2n) is 4.70. The highest BCUT2D eigenvalue weighted by atomic mass is 16.5. The summed E-state index contributed by atoms with van der Waals surface area (Å²) in [5, 5.41) is 2.25. The number of ether oxygens (including phenoxy) is 1. The average molecular weight is 290 g/mol. The Labute approximate surface area is 123 Å². The third kappa shape index (κ3) is 3.04. The molecule has 1 saturated heterocycles. The number of imide groups is 1. The fourth-order valence-electron chi connectivity index (χ4n) is 2.37. The number of rotatable bonds is 4. The van der Waals surface area contributed by atoms with Crippen LogP contribution >= 0.6 is 0 Å². The van der Waals surface area contributed by atoms with E-state index in [-0.39, 0.29) is 12.5 Å². The molecule has 6 heteroatoms. The molecule has 0 radical (unpaired) electrons. The van der Waals surface area contributed by atoms with Crippen LogP contribution in [0.1, 0.15) is 30.6 Å². The number of carbonyl (C=O) groups is 3. The maximum atomic E-state index is 12.7. The van der Waals surface area contributed by atoms with E-state index in [9.17, 15) is 14.4 Å². The molecule has 2 rings (SSSR count). The van der Waals surface area contributed by atoms with E-state index < -0.39 is 17.9 Å². The molecule has 1 aromatic rings. The molecule has 1 aliphatic heterocycles. The Bertz CT molecular complexity index is 571. The number of piperazine rings is 1. The number of hydrogen-bond donors (Lipinski definition) is 1. The highest BCUT2D eigenvalue weighted by Crippen LogP contribution is 2.22. The first-order valence-corrected chi connectivity index (χ1v) is 6.95. The molecule has 21 heavy (non-hydrogen) atoms. The van der Waals surface area contributed by atoms with Gasteiger partial charge in [-0.05, 0) is 25.5 Å². The minimum Gasteiger partial charge on any atom is -0.493 e. The zero-order chi connectivity index (χ0) is 15.4. The Hall–Kier alpha value is -2.37. The summed E-state index contributed by atoms with van der Waals surface area (Å²) in [6, 6.07) is 6.20. The van der Waals surface area contributed by atoms with Crippen LogP contribution in [0, 0.1) is 0 Å². The van der Waals surface area contributed by atoms with Gasteiger partial charge in [0.2, 0.25) is 11.8 Å². The zero-order valence-electron chi connectivity index (χ0n) is 12.1. The van der Waals surface area contributed by atoms with Crippen LogP contribution in [-0.4, -0.2) is 41.8 Å². The van der Waals surface area contributed by atoms with Gasteiger partial charge in [-0.2, -0.15) is 0 Å². The number of benzene rings is 1. The molecule has 0 bridgehead atoms. The maximum absolute atomic E-state index is 12.7. The van der Waals surface area contributed by atoms with Crippen molar-refractivity contribution in [2.75, 3.05) is 13.2 Å². The zero-order valence-corrected chi connectivity index (χ0v) is 12.1. The van der Waals surface area contributed by atoms with Gasteiger partial charge < -0.3 is 9.64 Å². The van der Waals surface area contributed by atoms with Gasteiger partial charge in [0.1, 0.15) is 18.3 Å². The van der Waals surface area contributed by atoms with Crippen molar-refractivity contribution in [2.24, 2.45) is 0 Å². The molecule has 1 aromatic carbocycles. The van der Waals surface area contributed by atoms with Gasteiger partial charge in [0.25, 0.3) is 5.91 Å². The van der Waals surface area contributed by atoms with Crippen LogP contribution in [0.4, 0.5) is 0 Å². The summed E-state index contributed by atoms with van der Waals surface area (Å²) in [5.74, 6) is -0.810. The average Bonchev–Trinajstić information content (AvgIpc) is 2.47. The van der Waals surface area contributed by atoms with Gasteiger partial charge in [-0.3, -0.25) is 19.7 Å². The van der Waals surface area contributed by atoms with Crippen LogP contribution in [0.15, 0.2) is 24.3 Å². The second kappa shape index (κ2) is 6.39. The quantitative estimate of drug-likeness (QED) is 0.838. The summed E-state index contributed by atoms with van der Waals surface area (Å²) in [6.07, 6.45) is 0.446. The molecule has 0 saturated carbocycles. The van der Waals surface area contributed by atoms with Gasteiger partial charge in [-0.15, -0.1) is 0 Å². The molecule has 1 atom stereocenters. The molecule has 0 spiro atoms. The van der Waals surface area contributed by atoms with Crippen molar-refractivity contribution in [3.63, 3.8) is 0 Å². The van der Waals surface area contributed by atoms with Gasteiger partial charge in [0.15, 0.2) is 0 Å². The SMILES string of the molecule is CCOc1ccccc1C(=O)N1CC(=O)NC(=O)C1CC. The summed E-state index contributed by atoms with van der Waals surface area (Å²) >= 11 is 0. The minimum atomic E-state index is -0.634. The van der Waals surface area contributed by atoms with Crippen molar-refractivity contribution < 1.29 is 19.1 Å². The standard InChI is InChI=1S/C15H18N2O4/c1-3-11-14(19)16-13(18)9-17(11)15(20)10-7-5-6-8-12(10)21-4-2/h5-8,11H,3-4,9H2,1-2H3,(H,16,18,19). The number of hydrogen-bond acceptors (Lipinski definition) is 4. The fourth-order valence-corrected chi connectivity index (χ4v) is 2.37. The Kier molecular flexibility index (Phi) is 4.57. The van der Waals surface area contributed by atoms with Crippen LogP contribution in [0.5, 0.6) is 5.75 Å². The lowest BCUT2D eigenvalue weighted by Crippen LogP contribution is -2.59. The fraction of sp³-hybridized carbons (Fsp3) is 0.400. The smallest absolute Gasteiger partial charge is 0.258 e. The number of nitrogens with zero attached hydrogens (tertiary/aromatic N) is 1. The van der Waals surface area contributed by atoms with Crippen molar-refractivity contribution in [1.82, 2.24) is 10.2 Å². The van der Waals surface area contributed by atoms with Crippen LogP contribution < -0.4 is 10.1 Å². The molecule has 1 unspecified atom stereocenters. The Morgan fingerprint density at radius 3 is 2.71 bits per heavy atom. The van der Waals surface area contributed by atoms with Crippen molar-refractivity contribution in [3.8, 4) is 5.75 Å². The normalized spacial score (nSPS) is 18.4. The Morgan fingerprint density at radius 2 is 2.05 bits per heavy atom. The first kappa shape index (κ1) is 15.0. The van der Waals surface area contributed by atoms with E-state index in [1.165, 1.54) is 4.90 Å². The third-order valence-corrected chi connectivity index (χ3v) is 3.32. The highest BCUT2D eigenvalue weighted by Gasteiger charge is 2.36.